The van der Waals surface area contributed by atoms with Crippen LogP contribution in [0.25, 0.3) is 5.57 Å². The van der Waals surface area contributed by atoms with Crippen LogP contribution in [0.15, 0.2) is 24.4 Å². The maximum Gasteiger partial charge on any atom is 0.0429 e. The number of rotatable bonds is 7. The van der Waals surface area contributed by atoms with E-state index in [1.807, 2.05) is 0 Å². The van der Waals surface area contributed by atoms with Crippen LogP contribution in [0.5, 0.6) is 0 Å². The number of allylic oxidation sites excluding steroid dienone is 2. The molecule has 1 heterocycles. The van der Waals surface area contributed by atoms with Gasteiger partial charge in [0.2, 0.25) is 0 Å². The smallest absolute Gasteiger partial charge is 0.0429 e. The summed E-state index contributed by atoms with van der Waals surface area (Å²) in [7, 11) is 0. The zero-order chi connectivity index (χ0) is 18.5. The van der Waals surface area contributed by atoms with Gasteiger partial charge in [0.15, 0.2) is 0 Å². The average molecular weight is 354 g/mol. The average Bonchev–Trinajstić information content (AvgIpc) is 3.03. The summed E-state index contributed by atoms with van der Waals surface area (Å²) in [6.07, 6.45) is 17.4. The molecule has 3 rings (SSSR count). The third-order valence-corrected chi connectivity index (χ3v) is 7.18. The van der Waals surface area contributed by atoms with Crippen LogP contribution in [-0.4, -0.2) is 4.98 Å². The van der Waals surface area contributed by atoms with Crippen molar-refractivity contribution in [1.29, 1.82) is 0 Å². The molecular formula is C25H39N. The Labute approximate surface area is 161 Å². The van der Waals surface area contributed by atoms with Crippen molar-refractivity contribution in [2.24, 2.45) is 23.7 Å². The molecule has 2 aliphatic carbocycles. The third-order valence-electron chi connectivity index (χ3n) is 7.18. The van der Waals surface area contributed by atoms with Crippen molar-refractivity contribution in [2.45, 2.75) is 91.4 Å². The van der Waals surface area contributed by atoms with Crippen LogP contribution in [-0.2, 0) is 0 Å². The molecule has 1 fully saturated rings. The lowest BCUT2D eigenvalue weighted by atomic mass is 9.77. The van der Waals surface area contributed by atoms with Crippen molar-refractivity contribution >= 4 is 5.57 Å². The standard InChI is InChI=1S/C25H39N/c1-5-20-10-12-21(13-11-20)7-6-8-23-19(4)9-15-24(23)22-14-16-25(18(2)3)26-17-22/h14-21,23H,5-13H2,1-4H3. The Morgan fingerprint density at radius 3 is 2.38 bits per heavy atom. The molecule has 26 heavy (non-hydrogen) atoms. The normalized spacial score (nSPS) is 29.2. The van der Waals surface area contributed by atoms with Crippen molar-refractivity contribution in [3.05, 3.63) is 35.7 Å². The minimum absolute atomic E-state index is 0.513. The van der Waals surface area contributed by atoms with Crippen LogP contribution in [0.2, 0.25) is 0 Å². The van der Waals surface area contributed by atoms with Gasteiger partial charge in [0.05, 0.1) is 0 Å². The Balaban J connectivity index is 1.52. The Morgan fingerprint density at radius 2 is 1.77 bits per heavy atom. The number of hydrogen-bond donors (Lipinski definition) is 0. The molecule has 1 aromatic heterocycles. The SMILES string of the molecule is CCC1CCC(CCCC2C(c3ccc(C(C)C)nc3)=CCC2C)CC1. The Bertz CT molecular complexity index is 575. The van der Waals surface area contributed by atoms with Gasteiger partial charge in [-0.15, -0.1) is 0 Å². The molecule has 2 unspecified atom stereocenters. The third kappa shape index (κ3) is 4.78. The Kier molecular flexibility index (Phi) is 6.95. The van der Waals surface area contributed by atoms with E-state index in [0.29, 0.717) is 5.92 Å². The molecule has 1 aromatic rings. The summed E-state index contributed by atoms with van der Waals surface area (Å²) in [5, 5.41) is 0. The van der Waals surface area contributed by atoms with Gasteiger partial charge in [0.25, 0.3) is 0 Å². The summed E-state index contributed by atoms with van der Waals surface area (Å²) >= 11 is 0. The fourth-order valence-electron chi connectivity index (χ4n) is 5.18. The van der Waals surface area contributed by atoms with E-state index in [1.165, 1.54) is 69.0 Å². The van der Waals surface area contributed by atoms with E-state index in [9.17, 15) is 0 Å². The van der Waals surface area contributed by atoms with Crippen molar-refractivity contribution < 1.29 is 0 Å². The highest BCUT2D eigenvalue weighted by molar-refractivity contribution is 5.69. The number of nitrogens with zero attached hydrogens (tertiary/aromatic N) is 1. The monoisotopic (exact) mass is 353 g/mol. The predicted molar refractivity (Wildman–Crippen MR) is 113 cm³/mol. The zero-order valence-corrected chi connectivity index (χ0v) is 17.5. The van der Waals surface area contributed by atoms with Gasteiger partial charge in [0.1, 0.15) is 0 Å². The fraction of sp³-hybridized carbons (Fsp3) is 0.720. The lowest BCUT2D eigenvalue weighted by Gasteiger charge is -2.28. The maximum atomic E-state index is 4.71. The second-order valence-corrected chi connectivity index (χ2v) is 9.33. The predicted octanol–water partition coefficient (Wildman–Crippen LogP) is 7.63. The lowest BCUT2D eigenvalue weighted by Crippen LogP contribution is -2.15. The van der Waals surface area contributed by atoms with E-state index >= 15 is 0 Å². The molecule has 1 heteroatoms. The largest absolute Gasteiger partial charge is 0.260 e. The summed E-state index contributed by atoms with van der Waals surface area (Å²) in [5.74, 6) is 4.09. The van der Waals surface area contributed by atoms with Crippen molar-refractivity contribution in [2.75, 3.05) is 0 Å². The van der Waals surface area contributed by atoms with E-state index in [0.717, 1.165) is 23.7 Å². The highest BCUT2D eigenvalue weighted by Crippen LogP contribution is 2.42. The van der Waals surface area contributed by atoms with E-state index in [4.69, 9.17) is 4.98 Å². The van der Waals surface area contributed by atoms with E-state index in [1.54, 1.807) is 5.57 Å². The molecule has 144 valence electrons. The highest BCUT2D eigenvalue weighted by Gasteiger charge is 2.28. The molecule has 2 atom stereocenters. The maximum absolute atomic E-state index is 4.71. The molecule has 0 saturated heterocycles. The Hall–Kier alpha value is -1.11. The second-order valence-electron chi connectivity index (χ2n) is 9.33. The van der Waals surface area contributed by atoms with Crippen LogP contribution in [0.3, 0.4) is 0 Å². The second kappa shape index (κ2) is 9.20. The van der Waals surface area contributed by atoms with Crippen LogP contribution in [0, 0.1) is 23.7 Å². The lowest BCUT2D eigenvalue weighted by molar-refractivity contribution is 0.250. The highest BCUT2D eigenvalue weighted by atomic mass is 14.7. The van der Waals surface area contributed by atoms with Gasteiger partial charge in [-0.3, -0.25) is 4.98 Å². The number of hydrogen-bond acceptors (Lipinski definition) is 1. The van der Waals surface area contributed by atoms with Crippen molar-refractivity contribution in [3.8, 4) is 0 Å². The minimum atomic E-state index is 0.513. The van der Waals surface area contributed by atoms with Crippen LogP contribution in [0.4, 0.5) is 0 Å². The Morgan fingerprint density at radius 1 is 1.04 bits per heavy atom. The van der Waals surface area contributed by atoms with Crippen LogP contribution < -0.4 is 0 Å². The number of aromatic nitrogens is 1. The van der Waals surface area contributed by atoms with Gasteiger partial charge in [-0.1, -0.05) is 84.8 Å². The molecule has 0 radical (unpaired) electrons. The molecular weight excluding hydrogens is 314 g/mol. The topological polar surface area (TPSA) is 12.9 Å². The van der Waals surface area contributed by atoms with Gasteiger partial charge in [-0.05, 0) is 59.6 Å². The van der Waals surface area contributed by atoms with Gasteiger partial charge < -0.3 is 0 Å². The van der Waals surface area contributed by atoms with Gasteiger partial charge in [-0.25, -0.2) is 0 Å². The first-order valence-electron chi connectivity index (χ1n) is 11.2. The van der Waals surface area contributed by atoms with Crippen LogP contribution in [0.1, 0.15) is 103 Å². The summed E-state index contributed by atoms with van der Waals surface area (Å²) in [6, 6.07) is 4.54. The first kappa shape index (κ1) is 19.6. The summed E-state index contributed by atoms with van der Waals surface area (Å²) in [4.78, 5) is 4.71. The first-order chi connectivity index (χ1) is 12.6. The quantitative estimate of drug-likeness (QED) is 0.491. The molecule has 0 amide bonds. The van der Waals surface area contributed by atoms with E-state index < -0.39 is 0 Å². The molecule has 0 aromatic carbocycles. The van der Waals surface area contributed by atoms with Gasteiger partial charge >= 0.3 is 0 Å². The summed E-state index contributed by atoms with van der Waals surface area (Å²) in [5.41, 5.74) is 4.15. The van der Waals surface area contributed by atoms with E-state index in [2.05, 4.69) is 52.1 Å². The minimum Gasteiger partial charge on any atom is -0.260 e. The van der Waals surface area contributed by atoms with E-state index in [-0.39, 0.29) is 0 Å². The molecule has 1 nitrogen and oxygen atoms in total. The van der Waals surface area contributed by atoms with Gasteiger partial charge in [-0.2, -0.15) is 0 Å². The number of pyridine rings is 1. The van der Waals surface area contributed by atoms with Gasteiger partial charge in [0, 0.05) is 11.9 Å². The zero-order valence-electron chi connectivity index (χ0n) is 17.5. The molecule has 0 N–H and O–H groups in total. The molecule has 0 bridgehead atoms. The summed E-state index contributed by atoms with van der Waals surface area (Å²) in [6.45, 7) is 9.24. The fourth-order valence-corrected chi connectivity index (χ4v) is 5.18. The first-order valence-corrected chi connectivity index (χ1v) is 11.2. The summed E-state index contributed by atoms with van der Waals surface area (Å²) < 4.78 is 0. The molecule has 2 aliphatic rings. The molecule has 0 aliphatic heterocycles. The molecule has 1 saturated carbocycles. The molecule has 0 spiro atoms. The van der Waals surface area contributed by atoms with Crippen LogP contribution >= 0.6 is 0 Å². The van der Waals surface area contributed by atoms with Crippen molar-refractivity contribution in [1.82, 2.24) is 4.98 Å². The van der Waals surface area contributed by atoms with Crippen molar-refractivity contribution in [3.63, 3.8) is 0 Å².